The van der Waals surface area contributed by atoms with E-state index in [0.717, 1.165) is 41.2 Å². The molecule has 2 aromatic rings. The van der Waals surface area contributed by atoms with Crippen LogP contribution in [-0.2, 0) is 14.3 Å². The van der Waals surface area contributed by atoms with Gasteiger partial charge in [-0.2, -0.15) is 5.26 Å². The Morgan fingerprint density at radius 3 is 2.72 bits per heavy atom. The number of carbonyl (C=O) groups is 1. The molecule has 1 fully saturated rings. The molecule has 1 atom stereocenters. The van der Waals surface area contributed by atoms with E-state index < -0.39 is 5.97 Å². The Labute approximate surface area is 171 Å². The first kappa shape index (κ1) is 20.7. The summed E-state index contributed by atoms with van der Waals surface area (Å²) in [5.74, 6) is 0.202. The van der Waals surface area contributed by atoms with Gasteiger partial charge in [-0.1, -0.05) is 0 Å². The van der Waals surface area contributed by atoms with E-state index in [4.69, 9.17) is 14.2 Å². The highest BCUT2D eigenvalue weighted by Gasteiger charge is 2.20. The van der Waals surface area contributed by atoms with Gasteiger partial charge in [0.15, 0.2) is 0 Å². The molecule has 6 heteroatoms. The number of ether oxygens (including phenoxy) is 3. The van der Waals surface area contributed by atoms with Gasteiger partial charge in [0.2, 0.25) is 0 Å². The van der Waals surface area contributed by atoms with Gasteiger partial charge < -0.3 is 18.8 Å². The first-order valence-corrected chi connectivity index (χ1v) is 9.86. The number of hydrogen-bond acceptors (Lipinski definition) is 5. The molecule has 6 nitrogen and oxygen atoms in total. The van der Waals surface area contributed by atoms with E-state index >= 15 is 0 Å². The average molecular weight is 394 g/mol. The summed E-state index contributed by atoms with van der Waals surface area (Å²) >= 11 is 0. The molecule has 1 unspecified atom stereocenters. The van der Waals surface area contributed by atoms with Crippen molar-refractivity contribution in [2.45, 2.75) is 39.7 Å². The fraction of sp³-hybridized carbons (Fsp3) is 0.391. The van der Waals surface area contributed by atoms with Crippen LogP contribution in [0.1, 0.15) is 36.7 Å². The van der Waals surface area contributed by atoms with Crippen molar-refractivity contribution in [1.29, 1.82) is 5.26 Å². The molecule has 3 rings (SSSR count). The Morgan fingerprint density at radius 1 is 1.34 bits per heavy atom. The molecule has 1 saturated heterocycles. The van der Waals surface area contributed by atoms with Crippen LogP contribution >= 0.6 is 0 Å². The third-order valence-electron chi connectivity index (χ3n) is 4.94. The molecule has 0 aliphatic carbocycles. The third kappa shape index (κ3) is 4.87. The van der Waals surface area contributed by atoms with Crippen LogP contribution in [-0.4, -0.2) is 36.5 Å². The van der Waals surface area contributed by atoms with Crippen molar-refractivity contribution in [2.75, 3.05) is 19.8 Å². The van der Waals surface area contributed by atoms with Crippen molar-refractivity contribution in [3.05, 3.63) is 52.9 Å². The standard InChI is InChI=1S/C23H26N2O4/c1-4-27-21-9-7-20(8-10-21)25-16(2)12-18(17(25)3)13-19(14-24)23(26)29-15-22-6-5-11-28-22/h7-10,12-13,22H,4-6,11,15H2,1-3H3/b19-13+. The number of rotatable bonds is 7. The Bertz CT molecular complexity index is 929. The first-order valence-electron chi connectivity index (χ1n) is 9.86. The summed E-state index contributed by atoms with van der Waals surface area (Å²) in [5, 5.41) is 9.44. The van der Waals surface area contributed by atoms with Crippen LogP contribution < -0.4 is 4.74 Å². The summed E-state index contributed by atoms with van der Waals surface area (Å²) in [7, 11) is 0. The zero-order valence-corrected chi connectivity index (χ0v) is 17.1. The van der Waals surface area contributed by atoms with Crippen LogP contribution in [0.25, 0.3) is 11.8 Å². The number of hydrogen-bond donors (Lipinski definition) is 0. The maximum atomic E-state index is 12.3. The van der Waals surface area contributed by atoms with E-state index in [1.165, 1.54) is 0 Å². The summed E-state index contributed by atoms with van der Waals surface area (Å²) in [6.45, 7) is 7.40. The second kappa shape index (κ2) is 9.44. The van der Waals surface area contributed by atoms with Gasteiger partial charge in [-0.05, 0) is 75.6 Å². The maximum absolute atomic E-state index is 12.3. The number of nitrogens with zero attached hydrogens (tertiary/aromatic N) is 2. The normalized spacial score (nSPS) is 16.5. The minimum Gasteiger partial charge on any atom is -0.494 e. The lowest BCUT2D eigenvalue weighted by Gasteiger charge is -2.11. The topological polar surface area (TPSA) is 73.5 Å². The first-order chi connectivity index (χ1) is 14.0. The number of esters is 1. The van der Waals surface area contributed by atoms with Gasteiger partial charge in [-0.25, -0.2) is 4.79 Å². The molecule has 0 bridgehead atoms. The molecule has 152 valence electrons. The lowest BCUT2D eigenvalue weighted by Crippen LogP contribution is -2.18. The van der Waals surface area contributed by atoms with Gasteiger partial charge >= 0.3 is 5.97 Å². The van der Waals surface area contributed by atoms with Crippen LogP contribution in [0.4, 0.5) is 0 Å². The van der Waals surface area contributed by atoms with Crippen molar-refractivity contribution >= 4 is 12.0 Å². The van der Waals surface area contributed by atoms with Crippen LogP contribution in [0.3, 0.4) is 0 Å². The molecular formula is C23H26N2O4. The molecule has 0 saturated carbocycles. The Hall–Kier alpha value is -3.04. The van der Waals surface area contributed by atoms with E-state index in [0.29, 0.717) is 13.2 Å². The molecule has 0 spiro atoms. The molecule has 1 aromatic carbocycles. The molecule has 29 heavy (non-hydrogen) atoms. The van der Waals surface area contributed by atoms with E-state index in [1.54, 1.807) is 6.08 Å². The van der Waals surface area contributed by atoms with Crippen molar-refractivity contribution in [3.63, 3.8) is 0 Å². The Morgan fingerprint density at radius 2 is 2.10 bits per heavy atom. The summed E-state index contributed by atoms with van der Waals surface area (Å²) < 4.78 is 18.3. The Balaban J connectivity index is 1.80. The van der Waals surface area contributed by atoms with Crippen molar-refractivity contribution in [1.82, 2.24) is 4.57 Å². The molecule has 1 aliphatic rings. The van der Waals surface area contributed by atoms with E-state index in [-0.39, 0.29) is 18.3 Å². The smallest absolute Gasteiger partial charge is 0.348 e. The lowest BCUT2D eigenvalue weighted by atomic mass is 10.1. The van der Waals surface area contributed by atoms with Gasteiger partial charge in [0.25, 0.3) is 0 Å². The SMILES string of the molecule is CCOc1ccc(-n2c(C)cc(/C=C(\C#N)C(=O)OCC3CCCO3)c2C)cc1. The fourth-order valence-corrected chi connectivity index (χ4v) is 3.50. The predicted molar refractivity (Wildman–Crippen MR) is 110 cm³/mol. The number of carbonyl (C=O) groups excluding carboxylic acids is 1. The molecule has 0 N–H and O–H groups in total. The highest BCUT2D eigenvalue weighted by atomic mass is 16.6. The van der Waals surface area contributed by atoms with Crippen LogP contribution in [0, 0.1) is 25.2 Å². The highest BCUT2D eigenvalue weighted by Crippen LogP contribution is 2.24. The second-order valence-corrected chi connectivity index (χ2v) is 6.99. The number of benzene rings is 1. The van der Waals surface area contributed by atoms with Crippen molar-refractivity contribution in [2.24, 2.45) is 0 Å². The predicted octanol–water partition coefficient (Wildman–Crippen LogP) is 4.12. The second-order valence-electron chi connectivity index (χ2n) is 6.99. The number of aromatic nitrogens is 1. The molecule has 1 aromatic heterocycles. The number of nitriles is 1. The van der Waals surface area contributed by atoms with Gasteiger partial charge in [0.05, 0.1) is 12.7 Å². The zero-order valence-electron chi connectivity index (χ0n) is 17.1. The molecule has 0 amide bonds. The monoisotopic (exact) mass is 394 g/mol. The summed E-state index contributed by atoms with van der Waals surface area (Å²) in [6, 6.07) is 11.7. The van der Waals surface area contributed by atoms with Crippen LogP contribution in [0.2, 0.25) is 0 Å². The molecule has 0 radical (unpaired) electrons. The maximum Gasteiger partial charge on any atom is 0.348 e. The number of aryl methyl sites for hydroxylation is 1. The highest BCUT2D eigenvalue weighted by molar-refractivity contribution is 5.98. The quantitative estimate of drug-likeness (QED) is 0.401. The molecule has 1 aliphatic heterocycles. The summed E-state index contributed by atoms with van der Waals surface area (Å²) in [4.78, 5) is 12.3. The Kier molecular flexibility index (Phi) is 6.73. The molecule has 2 heterocycles. The van der Waals surface area contributed by atoms with E-state index in [1.807, 2.05) is 57.2 Å². The van der Waals surface area contributed by atoms with E-state index in [2.05, 4.69) is 4.57 Å². The third-order valence-corrected chi connectivity index (χ3v) is 4.94. The summed E-state index contributed by atoms with van der Waals surface area (Å²) in [6.07, 6.45) is 3.37. The van der Waals surface area contributed by atoms with Gasteiger partial charge in [0.1, 0.15) is 24.0 Å². The van der Waals surface area contributed by atoms with Crippen LogP contribution in [0.15, 0.2) is 35.9 Å². The minimum absolute atomic E-state index is 0.0186. The molecular weight excluding hydrogens is 368 g/mol. The minimum atomic E-state index is -0.617. The largest absolute Gasteiger partial charge is 0.494 e. The summed E-state index contributed by atoms with van der Waals surface area (Å²) in [5.41, 5.74) is 3.72. The average Bonchev–Trinajstić information content (AvgIpc) is 3.33. The lowest BCUT2D eigenvalue weighted by molar-refractivity contribution is -0.141. The van der Waals surface area contributed by atoms with E-state index in [9.17, 15) is 10.1 Å². The fourth-order valence-electron chi connectivity index (χ4n) is 3.50. The van der Waals surface area contributed by atoms with Crippen molar-refractivity contribution < 1.29 is 19.0 Å². The van der Waals surface area contributed by atoms with Gasteiger partial charge in [-0.3, -0.25) is 0 Å². The van der Waals surface area contributed by atoms with Crippen molar-refractivity contribution in [3.8, 4) is 17.5 Å². The van der Waals surface area contributed by atoms with Crippen LogP contribution in [0.5, 0.6) is 5.75 Å². The van der Waals surface area contributed by atoms with Gasteiger partial charge in [0, 0.05) is 23.7 Å². The van der Waals surface area contributed by atoms with Gasteiger partial charge in [-0.15, -0.1) is 0 Å². The zero-order chi connectivity index (χ0) is 20.8.